The molecular weight excluding hydrogens is 506 g/mol. The molecule has 0 bridgehead atoms. The first-order chi connectivity index (χ1) is 19.5. The summed E-state index contributed by atoms with van der Waals surface area (Å²) in [6, 6.07) is 18.3. The van der Waals surface area contributed by atoms with E-state index < -0.39 is 0 Å². The van der Waals surface area contributed by atoms with E-state index in [-0.39, 0.29) is 11.8 Å². The molecule has 4 aromatic rings. The second-order valence-electron chi connectivity index (χ2n) is 9.52. The first-order valence-corrected chi connectivity index (χ1v) is 13.2. The van der Waals surface area contributed by atoms with Crippen molar-refractivity contribution in [2.24, 2.45) is 0 Å². The molecule has 40 heavy (non-hydrogen) atoms. The first kappa shape index (κ1) is 26.9. The van der Waals surface area contributed by atoms with Gasteiger partial charge in [-0.1, -0.05) is 29.5 Å². The zero-order chi connectivity index (χ0) is 27.7. The SMILES string of the molecule is Cc1cccc(NC(=O)c2cccc(/C=C/C(=O)Nc3ccc(-c4cn(CCN5CCOCC5)nn4)cn3)c2)c1. The molecule has 2 aromatic heterocycles. The number of nitrogens with zero attached hydrogens (tertiary/aromatic N) is 5. The second kappa shape index (κ2) is 12.9. The molecule has 10 nitrogen and oxygen atoms in total. The minimum atomic E-state index is -0.330. The lowest BCUT2D eigenvalue weighted by molar-refractivity contribution is -0.111. The van der Waals surface area contributed by atoms with Crippen molar-refractivity contribution >= 4 is 29.4 Å². The highest BCUT2D eigenvalue weighted by molar-refractivity contribution is 6.05. The van der Waals surface area contributed by atoms with Crippen molar-refractivity contribution in [3.05, 3.63) is 95.8 Å². The normalized spacial score (nSPS) is 13.8. The van der Waals surface area contributed by atoms with E-state index in [0.717, 1.165) is 67.5 Å². The topological polar surface area (TPSA) is 114 Å². The molecule has 1 fully saturated rings. The van der Waals surface area contributed by atoms with Crippen molar-refractivity contribution < 1.29 is 14.3 Å². The zero-order valence-electron chi connectivity index (χ0n) is 22.3. The van der Waals surface area contributed by atoms with Crippen LogP contribution in [0.2, 0.25) is 0 Å². The average molecular weight is 538 g/mol. The van der Waals surface area contributed by atoms with E-state index >= 15 is 0 Å². The maximum atomic E-state index is 12.6. The summed E-state index contributed by atoms with van der Waals surface area (Å²) in [5.41, 5.74) is 4.56. The third kappa shape index (κ3) is 7.46. The Bertz CT molecular complexity index is 1490. The molecular formula is C30H31N7O3. The molecule has 0 spiro atoms. The Kier molecular flexibility index (Phi) is 8.69. The summed E-state index contributed by atoms with van der Waals surface area (Å²) in [6.45, 7) is 7.03. The Balaban J connectivity index is 1.13. The Hall–Kier alpha value is -4.67. The molecule has 1 aliphatic heterocycles. The summed E-state index contributed by atoms with van der Waals surface area (Å²) in [5, 5.41) is 14.1. The van der Waals surface area contributed by atoms with Crippen molar-refractivity contribution in [2.75, 3.05) is 43.5 Å². The number of carbonyl (C=O) groups excluding carboxylic acids is 2. The quantitative estimate of drug-likeness (QED) is 0.312. The highest BCUT2D eigenvalue weighted by Gasteiger charge is 2.11. The van der Waals surface area contributed by atoms with E-state index in [2.05, 4.69) is 30.8 Å². The predicted molar refractivity (Wildman–Crippen MR) is 154 cm³/mol. The minimum absolute atomic E-state index is 0.216. The molecule has 0 saturated carbocycles. The van der Waals surface area contributed by atoms with Crippen LogP contribution in [0.15, 0.2) is 79.1 Å². The van der Waals surface area contributed by atoms with Crippen molar-refractivity contribution in [1.82, 2.24) is 24.9 Å². The number of nitrogens with one attached hydrogen (secondary N) is 2. The molecule has 1 aliphatic rings. The molecule has 0 unspecified atom stereocenters. The number of pyridine rings is 1. The largest absolute Gasteiger partial charge is 0.379 e. The van der Waals surface area contributed by atoms with E-state index in [0.29, 0.717) is 11.4 Å². The number of morpholine rings is 1. The van der Waals surface area contributed by atoms with Crippen LogP contribution in [0.5, 0.6) is 0 Å². The van der Waals surface area contributed by atoms with E-state index in [1.807, 2.05) is 54.2 Å². The number of carbonyl (C=O) groups is 2. The number of hydrogen-bond acceptors (Lipinski definition) is 7. The predicted octanol–water partition coefficient (Wildman–Crippen LogP) is 3.88. The molecule has 0 atom stereocenters. The third-order valence-corrected chi connectivity index (χ3v) is 6.45. The van der Waals surface area contributed by atoms with Crippen LogP contribution < -0.4 is 10.6 Å². The van der Waals surface area contributed by atoms with E-state index in [4.69, 9.17) is 4.74 Å². The van der Waals surface area contributed by atoms with Gasteiger partial charge in [-0.3, -0.25) is 19.2 Å². The van der Waals surface area contributed by atoms with Crippen LogP contribution in [0.1, 0.15) is 21.5 Å². The van der Waals surface area contributed by atoms with Crippen LogP contribution >= 0.6 is 0 Å². The summed E-state index contributed by atoms with van der Waals surface area (Å²) in [5.74, 6) is -0.125. The fraction of sp³-hybridized carbons (Fsp3) is 0.233. The number of ether oxygens (including phenoxy) is 1. The molecule has 2 amide bonds. The highest BCUT2D eigenvalue weighted by Crippen LogP contribution is 2.17. The van der Waals surface area contributed by atoms with E-state index in [1.165, 1.54) is 6.08 Å². The number of amides is 2. The molecule has 1 saturated heterocycles. The van der Waals surface area contributed by atoms with Crippen molar-refractivity contribution in [1.29, 1.82) is 0 Å². The van der Waals surface area contributed by atoms with Gasteiger partial charge < -0.3 is 15.4 Å². The molecule has 204 valence electrons. The summed E-state index contributed by atoms with van der Waals surface area (Å²) < 4.78 is 7.21. The molecule has 2 aromatic carbocycles. The molecule has 5 rings (SSSR count). The summed E-state index contributed by atoms with van der Waals surface area (Å²) >= 11 is 0. The standard InChI is InChI=1S/C30H31N7O3/c1-22-4-2-7-26(18-22)32-30(39)24-6-3-5-23(19-24)8-11-29(38)33-28-10-9-25(20-31-28)27-21-37(35-34-27)13-12-36-14-16-40-17-15-36/h2-11,18-21H,12-17H2,1H3,(H,32,39)(H,31,33,38)/b11-8+. The van der Waals surface area contributed by atoms with Gasteiger partial charge in [-0.15, -0.1) is 5.10 Å². The van der Waals surface area contributed by atoms with Gasteiger partial charge in [0.1, 0.15) is 11.5 Å². The van der Waals surface area contributed by atoms with Gasteiger partial charge in [-0.2, -0.15) is 0 Å². The van der Waals surface area contributed by atoms with Crippen molar-refractivity contribution in [3.8, 4) is 11.3 Å². The van der Waals surface area contributed by atoms with Crippen LogP contribution in [0.3, 0.4) is 0 Å². The molecule has 10 heteroatoms. The van der Waals surface area contributed by atoms with Gasteiger partial charge in [0.05, 0.1) is 26.0 Å². The van der Waals surface area contributed by atoms with Crippen LogP contribution in [-0.4, -0.2) is 69.5 Å². The van der Waals surface area contributed by atoms with Gasteiger partial charge in [0.2, 0.25) is 5.91 Å². The smallest absolute Gasteiger partial charge is 0.255 e. The Labute approximate surface area is 232 Å². The lowest BCUT2D eigenvalue weighted by Crippen LogP contribution is -2.38. The molecule has 3 heterocycles. The second-order valence-corrected chi connectivity index (χ2v) is 9.52. The monoisotopic (exact) mass is 537 g/mol. The summed E-state index contributed by atoms with van der Waals surface area (Å²) in [4.78, 5) is 31.8. The fourth-order valence-corrected chi connectivity index (χ4v) is 4.28. The van der Waals surface area contributed by atoms with E-state index in [1.54, 1.807) is 36.5 Å². The van der Waals surface area contributed by atoms with Gasteiger partial charge in [0.25, 0.3) is 5.91 Å². The van der Waals surface area contributed by atoms with Crippen LogP contribution in [0.25, 0.3) is 17.3 Å². The maximum Gasteiger partial charge on any atom is 0.255 e. The molecule has 0 radical (unpaired) electrons. The van der Waals surface area contributed by atoms with Gasteiger partial charge in [-0.25, -0.2) is 4.98 Å². The maximum absolute atomic E-state index is 12.6. The summed E-state index contributed by atoms with van der Waals surface area (Å²) in [6.07, 6.45) is 6.62. The van der Waals surface area contributed by atoms with E-state index in [9.17, 15) is 9.59 Å². The van der Waals surface area contributed by atoms with Crippen LogP contribution in [0, 0.1) is 6.92 Å². The van der Waals surface area contributed by atoms with Gasteiger partial charge in [0, 0.05) is 48.7 Å². The lowest BCUT2D eigenvalue weighted by atomic mass is 10.1. The average Bonchev–Trinajstić information content (AvgIpc) is 3.45. The number of benzene rings is 2. The number of anilines is 2. The minimum Gasteiger partial charge on any atom is -0.379 e. The fourth-order valence-electron chi connectivity index (χ4n) is 4.28. The van der Waals surface area contributed by atoms with Crippen LogP contribution in [-0.2, 0) is 16.1 Å². The van der Waals surface area contributed by atoms with Gasteiger partial charge in [-0.05, 0) is 60.5 Å². The first-order valence-electron chi connectivity index (χ1n) is 13.2. The number of hydrogen-bond donors (Lipinski definition) is 2. The number of aromatic nitrogens is 4. The lowest BCUT2D eigenvalue weighted by Gasteiger charge is -2.26. The van der Waals surface area contributed by atoms with Gasteiger partial charge in [0.15, 0.2) is 0 Å². The third-order valence-electron chi connectivity index (χ3n) is 6.45. The summed E-state index contributed by atoms with van der Waals surface area (Å²) in [7, 11) is 0. The highest BCUT2D eigenvalue weighted by atomic mass is 16.5. The number of rotatable bonds is 9. The Morgan fingerprint density at radius 2 is 1.85 bits per heavy atom. The van der Waals surface area contributed by atoms with Crippen LogP contribution in [0.4, 0.5) is 11.5 Å². The van der Waals surface area contributed by atoms with Gasteiger partial charge >= 0.3 is 0 Å². The number of aryl methyl sites for hydroxylation is 1. The van der Waals surface area contributed by atoms with Crippen molar-refractivity contribution in [3.63, 3.8) is 0 Å². The molecule has 0 aliphatic carbocycles. The van der Waals surface area contributed by atoms with Crippen molar-refractivity contribution in [2.45, 2.75) is 13.5 Å². The zero-order valence-corrected chi connectivity index (χ0v) is 22.3. The molecule has 2 N–H and O–H groups in total. The Morgan fingerprint density at radius 1 is 1.00 bits per heavy atom. The Morgan fingerprint density at radius 3 is 2.65 bits per heavy atom.